The van der Waals surface area contributed by atoms with Crippen molar-refractivity contribution in [3.63, 3.8) is 0 Å². The van der Waals surface area contributed by atoms with Crippen molar-refractivity contribution in [2.45, 2.75) is 69.3 Å². The quantitative estimate of drug-likeness (QED) is 0.590. The summed E-state index contributed by atoms with van der Waals surface area (Å²) in [4.78, 5) is 51.8. The molecule has 31 heavy (non-hydrogen) atoms. The summed E-state index contributed by atoms with van der Waals surface area (Å²) in [6, 6.07) is 4.60. The summed E-state index contributed by atoms with van der Waals surface area (Å²) < 4.78 is -0.560. The molecule has 0 spiro atoms. The number of carboxylic acid groups (broad SMARTS) is 1. The average Bonchev–Trinajstić information content (AvgIpc) is 3.10. The van der Waals surface area contributed by atoms with Gasteiger partial charge in [0.25, 0.3) is 5.91 Å². The van der Waals surface area contributed by atoms with Crippen molar-refractivity contribution in [1.29, 1.82) is 0 Å². The van der Waals surface area contributed by atoms with Crippen LogP contribution in [0.3, 0.4) is 0 Å². The molecular weight excluding hydrogens is 418 g/mol. The number of benzene rings is 1. The maximum absolute atomic E-state index is 13.2. The van der Waals surface area contributed by atoms with Crippen molar-refractivity contribution in [2.24, 2.45) is 5.92 Å². The van der Waals surface area contributed by atoms with E-state index in [1.807, 2.05) is 39.8 Å². The summed E-state index contributed by atoms with van der Waals surface area (Å²) in [6.07, 6.45) is 0.288. The topological polar surface area (TPSA) is 116 Å². The fraction of sp³-hybridized carbons (Fsp3) is 0.545. The summed E-state index contributed by atoms with van der Waals surface area (Å²) in [6.45, 7) is 9.06. The Morgan fingerprint density at radius 3 is 2.42 bits per heavy atom. The third kappa shape index (κ3) is 4.42. The highest BCUT2D eigenvalue weighted by atomic mass is 32.2. The molecular formula is C22H29N3O5S. The van der Waals surface area contributed by atoms with Crippen molar-refractivity contribution < 1.29 is 24.3 Å². The van der Waals surface area contributed by atoms with Gasteiger partial charge in [-0.2, -0.15) is 0 Å². The minimum absolute atomic E-state index is 0.0855. The van der Waals surface area contributed by atoms with Crippen molar-refractivity contribution in [3.05, 3.63) is 35.4 Å². The van der Waals surface area contributed by atoms with Gasteiger partial charge >= 0.3 is 5.97 Å². The van der Waals surface area contributed by atoms with E-state index in [9.17, 15) is 24.3 Å². The van der Waals surface area contributed by atoms with E-state index < -0.39 is 40.7 Å². The molecule has 0 aromatic heterocycles. The summed E-state index contributed by atoms with van der Waals surface area (Å²) >= 11 is 1.54. The van der Waals surface area contributed by atoms with E-state index in [1.54, 1.807) is 28.8 Å². The lowest BCUT2D eigenvalue weighted by atomic mass is 10.00. The van der Waals surface area contributed by atoms with Crippen LogP contribution in [0.5, 0.6) is 0 Å². The predicted octanol–water partition coefficient (Wildman–Crippen LogP) is 2.16. The van der Waals surface area contributed by atoms with E-state index in [0.29, 0.717) is 5.56 Å². The van der Waals surface area contributed by atoms with Gasteiger partial charge in [-0.3, -0.25) is 14.4 Å². The van der Waals surface area contributed by atoms with E-state index in [-0.39, 0.29) is 23.6 Å². The molecule has 2 aliphatic rings. The van der Waals surface area contributed by atoms with E-state index in [1.165, 1.54) is 6.92 Å². The van der Waals surface area contributed by atoms with E-state index in [4.69, 9.17) is 0 Å². The van der Waals surface area contributed by atoms with Crippen molar-refractivity contribution in [2.75, 3.05) is 0 Å². The van der Waals surface area contributed by atoms with Gasteiger partial charge in [0.05, 0.1) is 0 Å². The Hall–Kier alpha value is -2.55. The zero-order chi connectivity index (χ0) is 23.1. The summed E-state index contributed by atoms with van der Waals surface area (Å²) in [5.41, 5.74) is 1.49. The number of fused-ring (bicyclic) bond motifs is 3. The molecule has 0 bridgehead atoms. The molecule has 1 saturated heterocycles. The number of carboxylic acids is 1. The van der Waals surface area contributed by atoms with Crippen molar-refractivity contribution in [3.8, 4) is 0 Å². The molecule has 0 aliphatic carbocycles. The highest BCUT2D eigenvalue weighted by Gasteiger charge is 2.57. The van der Waals surface area contributed by atoms with Gasteiger partial charge in [-0.25, -0.2) is 4.79 Å². The standard InChI is InChI=1S/C22H29N3O5S/c1-11(2)10-15(21(29)30)24-17(26)12(3)23-18(27)16-22(4,5)31-20-14-9-7-6-8-13(14)19(28)25(16)20/h6-9,11-12,15-16,20H,10H2,1-5H3,(H,23,27)(H,24,26)(H,29,30)/t12-,15+,16-,20-/m0/s1. The van der Waals surface area contributed by atoms with Crippen LogP contribution < -0.4 is 10.6 Å². The first kappa shape index (κ1) is 23.1. The molecule has 0 radical (unpaired) electrons. The molecule has 1 fully saturated rings. The van der Waals surface area contributed by atoms with Crippen LogP contribution in [-0.2, 0) is 14.4 Å². The van der Waals surface area contributed by atoms with Gasteiger partial charge in [0, 0.05) is 10.3 Å². The first-order chi connectivity index (χ1) is 14.4. The highest BCUT2D eigenvalue weighted by molar-refractivity contribution is 8.01. The molecule has 3 N–H and O–H groups in total. The largest absolute Gasteiger partial charge is 0.480 e. The Bertz CT molecular complexity index is 916. The van der Waals surface area contributed by atoms with E-state index in [0.717, 1.165) is 5.56 Å². The van der Waals surface area contributed by atoms with Crippen LogP contribution in [-0.4, -0.2) is 56.6 Å². The normalized spacial score (nSPS) is 23.2. The first-order valence-corrected chi connectivity index (χ1v) is 11.2. The van der Waals surface area contributed by atoms with Crippen LogP contribution in [0, 0.1) is 5.92 Å². The monoisotopic (exact) mass is 447 g/mol. The number of amides is 3. The summed E-state index contributed by atoms with van der Waals surface area (Å²) in [5, 5.41) is 14.3. The lowest BCUT2D eigenvalue weighted by molar-refractivity contribution is -0.142. The predicted molar refractivity (Wildman–Crippen MR) is 117 cm³/mol. The number of nitrogens with one attached hydrogen (secondary N) is 2. The molecule has 3 amide bonds. The summed E-state index contributed by atoms with van der Waals surface area (Å²) in [7, 11) is 0. The average molecular weight is 448 g/mol. The van der Waals surface area contributed by atoms with Gasteiger partial charge in [-0.05, 0) is 44.7 Å². The molecule has 168 valence electrons. The fourth-order valence-electron chi connectivity index (χ4n) is 4.15. The van der Waals surface area contributed by atoms with Crippen LogP contribution in [0.25, 0.3) is 0 Å². The minimum Gasteiger partial charge on any atom is -0.480 e. The fourth-order valence-corrected chi connectivity index (χ4v) is 5.74. The molecule has 1 aromatic carbocycles. The number of aliphatic carboxylic acids is 1. The van der Waals surface area contributed by atoms with Crippen molar-refractivity contribution in [1.82, 2.24) is 15.5 Å². The molecule has 0 unspecified atom stereocenters. The second kappa shape index (κ2) is 8.53. The maximum Gasteiger partial charge on any atom is 0.326 e. The Kier molecular flexibility index (Phi) is 6.36. The first-order valence-electron chi connectivity index (χ1n) is 10.4. The Balaban J connectivity index is 1.73. The Morgan fingerprint density at radius 2 is 1.81 bits per heavy atom. The number of rotatable bonds is 7. The van der Waals surface area contributed by atoms with Crippen LogP contribution in [0.4, 0.5) is 0 Å². The zero-order valence-corrected chi connectivity index (χ0v) is 19.2. The number of hydrogen-bond donors (Lipinski definition) is 3. The number of thioether (sulfide) groups is 1. The Labute approximate surface area is 186 Å². The Morgan fingerprint density at radius 1 is 1.16 bits per heavy atom. The molecule has 9 heteroatoms. The molecule has 0 saturated carbocycles. The van der Waals surface area contributed by atoms with Gasteiger partial charge < -0.3 is 20.6 Å². The van der Waals surface area contributed by atoms with Crippen LogP contribution in [0.15, 0.2) is 24.3 Å². The van der Waals surface area contributed by atoms with E-state index in [2.05, 4.69) is 10.6 Å². The van der Waals surface area contributed by atoms with Crippen LogP contribution >= 0.6 is 11.8 Å². The van der Waals surface area contributed by atoms with Crippen molar-refractivity contribution >= 4 is 35.5 Å². The lowest BCUT2D eigenvalue weighted by Crippen LogP contribution is -2.57. The maximum atomic E-state index is 13.2. The van der Waals surface area contributed by atoms with Crippen LogP contribution in [0.2, 0.25) is 0 Å². The second-order valence-electron chi connectivity index (χ2n) is 9.04. The van der Waals surface area contributed by atoms with Gasteiger partial charge in [0.1, 0.15) is 23.5 Å². The number of hydrogen-bond acceptors (Lipinski definition) is 5. The number of carbonyl (C=O) groups is 4. The second-order valence-corrected chi connectivity index (χ2v) is 10.8. The summed E-state index contributed by atoms with van der Waals surface area (Å²) in [5.74, 6) is -2.23. The number of nitrogens with zero attached hydrogens (tertiary/aromatic N) is 1. The molecule has 2 aliphatic heterocycles. The SMILES string of the molecule is CC(C)C[C@@H](NC(=O)[C@H](C)NC(=O)[C@@H]1N2C(=O)c3ccccc3[C@@H]2SC1(C)C)C(=O)O. The number of carbonyl (C=O) groups excluding carboxylic acids is 3. The lowest BCUT2D eigenvalue weighted by Gasteiger charge is -2.30. The third-order valence-electron chi connectivity index (χ3n) is 5.62. The van der Waals surface area contributed by atoms with E-state index >= 15 is 0 Å². The smallest absolute Gasteiger partial charge is 0.326 e. The minimum atomic E-state index is -1.11. The highest BCUT2D eigenvalue weighted by Crippen LogP contribution is 2.56. The zero-order valence-electron chi connectivity index (χ0n) is 18.3. The molecule has 4 atom stereocenters. The molecule has 3 rings (SSSR count). The molecule has 2 heterocycles. The molecule has 1 aromatic rings. The van der Waals surface area contributed by atoms with Gasteiger partial charge in [-0.15, -0.1) is 11.8 Å². The van der Waals surface area contributed by atoms with Gasteiger partial charge in [-0.1, -0.05) is 32.0 Å². The molecule has 8 nitrogen and oxygen atoms in total. The van der Waals surface area contributed by atoms with Crippen LogP contribution in [0.1, 0.15) is 62.3 Å². The van der Waals surface area contributed by atoms with Gasteiger partial charge in [0.15, 0.2) is 0 Å². The third-order valence-corrected chi connectivity index (χ3v) is 7.15. The van der Waals surface area contributed by atoms with Gasteiger partial charge in [0.2, 0.25) is 11.8 Å².